The normalized spacial score (nSPS) is 11.8. The van der Waals surface area contributed by atoms with Gasteiger partial charge in [0.1, 0.15) is 11.6 Å². The fourth-order valence-electron chi connectivity index (χ4n) is 2.62. The predicted octanol–water partition coefficient (Wildman–Crippen LogP) is 2.33. The monoisotopic (exact) mass is 386 g/mol. The quantitative estimate of drug-likeness (QED) is 0.480. The summed E-state index contributed by atoms with van der Waals surface area (Å²) in [4.78, 5) is 15.1. The summed E-state index contributed by atoms with van der Waals surface area (Å²) in [5.74, 6) is 0.446. The van der Waals surface area contributed by atoms with E-state index in [1.165, 1.54) is 6.07 Å². The summed E-state index contributed by atoms with van der Waals surface area (Å²) in [5, 5.41) is 6.51. The summed E-state index contributed by atoms with van der Waals surface area (Å²) >= 11 is 0. The number of carbonyl (C=O) groups is 1. The van der Waals surface area contributed by atoms with E-state index in [0.717, 1.165) is 11.1 Å². The van der Waals surface area contributed by atoms with Gasteiger partial charge in [-0.25, -0.2) is 4.39 Å². The highest BCUT2D eigenvalue weighted by atomic mass is 19.1. The molecule has 0 aliphatic rings. The fraction of sp³-hybridized carbons (Fsp3) is 0.333. The van der Waals surface area contributed by atoms with E-state index in [9.17, 15) is 9.18 Å². The van der Waals surface area contributed by atoms with Gasteiger partial charge in [0.05, 0.1) is 0 Å². The number of nitrogens with one attached hydrogen (secondary N) is 2. The lowest BCUT2D eigenvalue weighted by atomic mass is 9.84. The van der Waals surface area contributed by atoms with Crippen molar-refractivity contribution >= 4 is 11.9 Å². The molecule has 2 aromatic rings. The van der Waals surface area contributed by atoms with Gasteiger partial charge in [-0.2, -0.15) is 0 Å². The standard InChI is InChI=1S/C21H27FN4O2/c1-21(2,16-7-5-8-17(22)11-16)14-26-20(24-3)25-12-15-6-4-9-18(10-15)28-13-19(23)27/h4-11H,12-14H2,1-3H3,(H2,23,27)(H2,24,25,26). The average Bonchev–Trinajstić information content (AvgIpc) is 2.67. The zero-order valence-electron chi connectivity index (χ0n) is 16.5. The number of benzene rings is 2. The van der Waals surface area contributed by atoms with Crippen LogP contribution in [0.15, 0.2) is 53.5 Å². The van der Waals surface area contributed by atoms with Crippen LogP contribution in [0.2, 0.25) is 0 Å². The summed E-state index contributed by atoms with van der Waals surface area (Å²) in [6.07, 6.45) is 0. The van der Waals surface area contributed by atoms with Gasteiger partial charge < -0.3 is 21.1 Å². The maximum Gasteiger partial charge on any atom is 0.255 e. The first-order valence-electron chi connectivity index (χ1n) is 9.01. The van der Waals surface area contributed by atoms with Crippen molar-refractivity contribution in [1.82, 2.24) is 10.6 Å². The molecule has 7 heteroatoms. The summed E-state index contributed by atoms with van der Waals surface area (Å²) in [5.41, 5.74) is 6.70. The first-order valence-corrected chi connectivity index (χ1v) is 9.01. The van der Waals surface area contributed by atoms with E-state index in [2.05, 4.69) is 15.6 Å². The van der Waals surface area contributed by atoms with Gasteiger partial charge >= 0.3 is 0 Å². The minimum absolute atomic E-state index is 0.157. The second-order valence-electron chi connectivity index (χ2n) is 7.08. The highest BCUT2D eigenvalue weighted by molar-refractivity contribution is 5.79. The third-order valence-electron chi connectivity index (χ3n) is 4.27. The Kier molecular flexibility index (Phi) is 7.37. The van der Waals surface area contributed by atoms with Crippen LogP contribution >= 0.6 is 0 Å². The topological polar surface area (TPSA) is 88.7 Å². The molecular weight excluding hydrogens is 359 g/mol. The SMILES string of the molecule is CN=C(NCc1cccc(OCC(N)=O)c1)NCC(C)(C)c1cccc(F)c1. The molecule has 0 fully saturated rings. The molecule has 0 spiro atoms. The van der Waals surface area contributed by atoms with Crippen LogP contribution in [0.5, 0.6) is 5.75 Å². The average molecular weight is 386 g/mol. The first-order chi connectivity index (χ1) is 13.3. The van der Waals surface area contributed by atoms with Crippen molar-refractivity contribution in [2.45, 2.75) is 25.8 Å². The third-order valence-corrected chi connectivity index (χ3v) is 4.27. The summed E-state index contributed by atoms with van der Waals surface area (Å²) in [6.45, 7) is 5.03. The molecule has 150 valence electrons. The van der Waals surface area contributed by atoms with Crippen LogP contribution in [0.4, 0.5) is 4.39 Å². The molecule has 0 aliphatic heterocycles. The van der Waals surface area contributed by atoms with Crippen molar-refractivity contribution in [2.24, 2.45) is 10.7 Å². The van der Waals surface area contributed by atoms with Crippen LogP contribution in [-0.2, 0) is 16.8 Å². The number of nitrogens with two attached hydrogens (primary N) is 1. The predicted molar refractivity (Wildman–Crippen MR) is 109 cm³/mol. The molecule has 0 aromatic heterocycles. The first kappa shape index (κ1) is 21.2. The maximum absolute atomic E-state index is 13.5. The van der Waals surface area contributed by atoms with Gasteiger partial charge in [-0.05, 0) is 35.4 Å². The zero-order chi connectivity index (χ0) is 20.6. The molecule has 6 nitrogen and oxygen atoms in total. The number of aliphatic imine (C=N–C) groups is 1. The molecular formula is C21H27FN4O2. The molecule has 0 saturated carbocycles. The van der Waals surface area contributed by atoms with Gasteiger partial charge in [0, 0.05) is 25.6 Å². The van der Waals surface area contributed by atoms with Crippen LogP contribution in [0, 0.1) is 5.82 Å². The molecule has 0 unspecified atom stereocenters. The number of carbonyl (C=O) groups excluding carboxylic acids is 1. The Morgan fingerprint density at radius 1 is 1.18 bits per heavy atom. The Morgan fingerprint density at radius 3 is 2.61 bits per heavy atom. The van der Waals surface area contributed by atoms with Gasteiger partial charge in [-0.15, -0.1) is 0 Å². The second-order valence-corrected chi connectivity index (χ2v) is 7.08. The second kappa shape index (κ2) is 9.73. The number of nitrogens with zero attached hydrogens (tertiary/aromatic N) is 1. The Morgan fingerprint density at radius 2 is 1.93 bits per heavy atom. The van der Waals surface area contributed by atoms with Gasteiger partial charge in [-0.3, -0.25) is 9.79 Å². The van der Waals surface area contributed by atoms with Gasteiger partial charge in [0.25, 0.3) is 5.91 Å². The van der Waals surface area contributed by atoms with Gasteiger partial charge in [-0.1, -0.05) is 38.1 Å². The van der Waals surface area contributed by atoms with Crippen molar-refractivity contribution in [3.63, 3.8) is 0 Å². The highest BCUT2D eigenvalue weighted by Crippen LogP contribution is 2.22. The molecule has 2 aromatic carbocycles. The molecule has 28 heavy (non-hydrogen) atoms. The number of hydrogen-bond donors (Lipinski definition) is 3. The number of hydrogen-bond acceptors (Lipinski definition) is 3. The lowest BCUT2D eigenvalue weighted by Crippen LogP contribution is -2.43. The number of guanidine groups is 1. The molecule has 1 amide bonds. The number of halogens is 1. The number of rotatable bonds is 8. The van der Waals surface area contributed by atoms with Crippen LogP contribution in [-0.4, -0.2) is 32.1 Å². The number of amides is 1. The molecule has 4 N–H and O–H groups in total. The molecule has 0 radical (unpaired) electrons. The highest BCUT2D eigenvalue weighted by Gasteiger charge is 2.21. The van der Waals surface area contributed by atoms with Gasteiger partial charge in [0.2, 0.25) is 0 Å². The molecule has 0 heterocycles. The van der Waals surface area contributed by atoms with E-state index in [-0.39, 0.29) is 17.8 Å². The van der Waals surface area contributed by atoms with Crippen molar-refractivity contribution in [1.29, 1.82) is 0 Å². The van der Waals surface area contributed by atoms with E-state index >= 15 is 0 Å². The maximum atomic E-state index is 13.5. The van der Waals surface area contributed by atoms with E-state index in [4.69, 9.17) is 10.5 Å². The van der Waals surface area contributed by atoms with Crippen molar-refractivity contribution in [3.8, 4) is 5.75 Å². The van der Waals surface area contributed by atoms with E-state index in [1.54, 1.807) is 25.2 Å². The lowest BCUT2D eigenvalue weighted by molar-refractivity contribution is -0.119. The smallest absolute Gasteiger partial charge is 0.255 e. The third kappa shape index (κ3) is 6.57. The van der Waals surface area contributed by atoms with E-state index in [0.29, 0.717) is 24.8 Å². The Bertz CT molecular complexity index is 837. The lowest BCUT2D eigenvalue weighted by Gasteiger charge is -2.27. The van der Waals surface area contributed by atoms with Crippen LogP contribution in [0.25, 0.3) is 0 Å². The number of ether oxygens (including phenoxy) is 1. The molecule has 0 bridgehead atoms. The van der Waals surface area contributed by atoms with Crippen LogP contribution in [0.1, 0.15) is 25.0 Å². The van der Waals surface area contributed by atoms with E-state index in [1.807, 2.05) is 38.1 Å². The molecule has 0 saturated heterocycles. The zero-order valence-corrected chi connectivity index (χ0v) is 16.5. The Hall–Kier alpha value is -3.09. The van der Waals surface area contributed by atoms with Crippen molar-refractivity contribution in [3.05, 3.63) is 65.5 Å². The molecule has 0 aliphatic carbocycles. The van der Waals surface area contributed by atoms with Crippen LogP contribution in [0.3, 0.4) is 0 Å². The Labute approximate surface area is 165 Å². The summed E-state index contributed by atoms with van der Waals surface area (Å²) in [6, 6.07) is 14.0. The number of primary amides is 1. The van der Waals surface area contributed by atoms with Crippen molar-refractivity contribution < 1.29 is 13.9 Å². The molecule has 0 atom stereocenters. The molecule has 2 rings (SSSR count). The summed E-state index contributed by atoms with van der Waals surface area (Å²) < 4.78 is 18.8. The minimum atomic E-state index is -0.519. The Balaban J connectivity index is 1.91. The van der Waals surface area contributed by atoms with Crippen molar-refractivity contribution in [2.75, 3.05) is 20.2 Å². The van der Waals surface area contributed by atoms with Gasteiger partial charge in [0.15, 0.2) is 12.6 Å². The summed E-state index contributed by atoms with van der Waals surface area (Å²) in [7, 11) is 1.69. The van der Waals surface area contributed by atoms with E-state index < -0.39 is 5.91 Å². The largest absolute Gasteiger partial charge is 0.484 e. The van der Waals surface area contributed by atoms with Crippen LogP contribution < -0.4 is 21.1 Å². The fourth-order valence-corrected chi connectivity index (χ4v) is 2.62. The minimum Gasteiger partial charge on any atom is -0.484 e.